The Balaban J connectivity index is 2.27. The molecule has 1 N–H and O–H groups in total. The van der Waals surface area contributed by atoms with Gasteiger partial charge in [-0.25, -0.2) is 12.8 Å². The fraction of sp³-hybridized carbons (Fsp3) is 0.478. The summed E-state index contributed by atoms with van der Waals surface area (Å²) in [6.45, 7) is 4.49. The van der Waals surface area contributed by atoms with Crippen molar-refractivity contribution in [1.29, 1.82) is 0 Å². The van der Waals surface area contributed by atoms with Gasteiger partial charge in [-0.15, -0.1) is 11.8 Å². The first-order valence-electron chi connectivity index (χ1n) is 10.4. The SMILES string of the molecule is CCCCC1(CC)CN(c2ccc(F)cc2)c2cc(SC)c(CO)cc2S(=O)(=O)C1. The molecule has 0 fully saturated rings. The second kappa shape index (κ2) is 9.28. The summed E-state index contributed by atoms with van der Waals surface area (Å²) in [5.41, 5.74) is 1.59. The number of anilines is 2. The molecule has 1 atom stereocenters. The van der Waals surface area contributed by atoms with Crippen LogP contribution in [0.25, 0.3) is 0 Å². The number of nitrogens with zero attached hydrogens (tertiary/aromatic N) is 1. The van der Waals surface area contributed by atoms with E-state index in [-0.39, 0.29) is 23.1 Å². The van der Waals surface area contributed by atoms with E-state index in [2.05, 4.69) is 13.8 Å². The highest BCUT2D eigenvalue weighted by Crippen LogP contribution is 2.45. The number of unbranched alkanes of at least 4 members (excludes halogenated alkanes) is 1. The van der Waals surface area contributed by atoms with E-state index in [0.717, 1.165) is 36.3 Å². The zero-order chi connectivity index (χ0) is 21.9. The molecule has 1 aliphatic rings. The van der Waals surface area contributed by atoms with E-state index < -0.39 is 15.3 Å². The average Bonchev–Trinajstić information content (AvgIpc) is 2.84. The van der Waals surface area contributed by atoms with Gasteiger partial charge < -0.3 is 10.0 Å². The summed E-state index contributed by atoms with van der Waals surface area (Å²) < 4.78 is 40.7. The molecule has 1 aliphatic heterocycles. The zero-order valence-corrected chi connectivity index (χ0v) is 19.5. The normalized spacial score (nSPS) is 20.6. The summed E-state index contributed by atoms with van der Waals surface area (Å²) in [6, 6.07) is 9.71. The number of benzene rings is 2. The standard InChI is InChI=1S/C23H30FNO3S2/c1-4-6-11-23(5-2)15-25(19-9-7-18(24)8-10-19)20-13-21(29-3)17(14-26)12-22(20)30(27,28)16-23/h7-10,12-13,26H,4-6,11,14-16H2,1-3H3. The molecule has 0 saturated heterocycles. The number of hydrogen-bond acceptors (Lipinski definition) is 5. The number of fused-ring (bicyclic) bond motifs is 1. The number of hydrogen-bond donors (Lipinski definition) is 1. The molecule has 4 nitrogen and oxygen atoms in total. The van der Waals surface area contributed by atoms with Gasteiger partial charge in [0.2, 0.25) is 0 Å². The average molecular weight is 452 g/mol. The predicted octanol–water partition coefficient (Wildman–Crippen LogP) is 5.55. The molecule has 1 heterocycles. The van der Waals surface area contributed by atoms with Gasteiger partial charge in [-0.2, -0.15) is 0 Å². The molecule has 0 bridgehead atoms. The van der Waals surface area contributed by atoms with Gasteiger partial charge in [-0.3, -0.25) is 0 Å². The topological polar surface area (TPSA) is 57.6 Å². The Hall–Kier alpha value is -1.57. The first-order chi connectivity index (χ1) is 14.3. The van der Waals surface area contributed by atoms with Crippen LogP contribution in [0.2, 0.25) is 0 Å². The predicted molar refractivity (Wildman–Crippen MR) is 122 cm³/mol. The zero-order valence-electron chi connectivity index (χ0n) is 17.8. The molecule has 164 valence electrons. The maximum atomic E-state index is 13.6. The van der Waals surface area contributed by atoms with E-state index in [4.69, 9.17) is 0 Å². The van der Waals surface area contributed by atoms with Gasteiger partial charge in [-0.1, -0.05) is 26.7 Å². The molecule has 0 aromatic heterocycles. The monoisotopic (exact) mass is 451 g/mol. The van der Waals surface area contributed by atoms with Gasteiger partial charge in [0.15, 0.2) is 9.84 Å². The minimum absolute atomic E-state index is 0.0741. The summed E-state index contributed by atoms with van der Waals surface area (Å²) in [5.74, 6) is -0.250. The summed E-state index contributed by atoms with van der Waals surface area (Å²) in [7, 11) is -3.57. The third-order valence-electron chi connectivity index (χ3n) is 6.10. The first kappa shape index (κ1) is 23.1. The summed E-state index contributed by atoms with van der Waals surface area (Å²) >= 11 is 1.48. The molecule has 2 aromatic carbocycles. The van der Waals surface area contributed by atoms with Crippen LogP contribution in [0.15, 0.2) is 46.2 Å². The Morgan fingerprint density at radius 1 is 1.20 bits per heavy atom. The van der Waals surface area contributed by atoms with Gasteiger partial charge in [0.25, 0.3) is 0 Å². The van der Waals surface area contributed by atoms with Gasteiger partial charge >= 0.3 is 0 Å². The molecular weight excluding hydrogens is 421 g/mol. The highest BCUT2D eigenvalue weighted by Gasteiger charge is 2.41. The first-order valence-corrected chi connectivity index (χ1v) is 13.2. The lowest BCUT2D eigenvalue weighted by Gasteiger charge is -2.36. The maximum absolute atomic E-state index is 13.6. The molecule has 3 rings (SSSR count). The van der Waals surface area contributed by atoms with Gasteiger partial charge in [0.1, 0.15) is 5.82 Å². The van der Waals surface area contributed by atoms with E-state index in [9.17, 15) is 17.9 Å². The van der Waals surface area contributed by atoms with Gasteiger partial charge in [-0.05, 0) is 61.1 Å². The lowest BCUT2D eigenvalue weighted by molar-refractivity contribution is 0.278. The quantitative estimate of drug-likeness (QED) is 0.559. The van der Waals surface area contributed by atoms with Crippen LogP contribution in [-0.4, -0.2) is 32.1 Å². The molecular formula is C23H30FNO3S2. The van der Waals surface area contributed by atoms with Crippen LogP contribution in [0, 0.1) is 11.2 Å². The number of halogens is 1. The van der Waals surface area contributed by atoms with Crippen molar-refractivity contribution in [3.63, 3.8) is 0 Å². The van der Waals surface area contributed by atoms with Crippen LogP contribution in [0.5, 0.6) is 0 Å². The molecule has 7 heteroatoms. The Morgan fingerprint density at radius 3 is 2.47 bits per heavy atom. The van der Waals surface area contributed by atoms with Crippen LogP contribution in [0.3, 0.4) is 0 Å². The number of aliphatic hydroxyl groups excluding tert-OH is 1. The minimum atomic E-state index is -3.57. The summed E-state index contributed by atoms with van der Waals surface area (Å²) in [4.78, 5) is 3.12. The van der Waals surface area contributed by atoms with Crippen molar-refractivity contribution in [2.75, 3.05) is 23.5 Å². The Bertz CT molecular complexity index is 992. The Morgan fingerprint density at radius 2 is 1.90 bits per heavy atom. The second-order valence-corrected chi connectivity index (χ2v) is 10.9. The molecule has 0 saturated carbocycles. The van der Waals surface area contributed by atoms with Crippen molar-refractivity contribution in [2.24, 2.45) is 5.41 Å². The van der Waals surface area contributed by atoms with Crippen LogP contribution >= 0.6 is 11.8 Å². The molecule has 2 aromatic rings. The van der Waals surface area contributed by atoms with Crippen LogP contribution in [0.4, 0.5) is 15.8 Å². The molecule has 0 amide bonds. The van der Waals surface area contributed by atoms with E-state index in [0.29, 0.717) is 17.8 Å². The number of thioether (sulfide) groups is 1. The van der Waals surface area contributed by atoms with Crippen LogP contribution in [-0.2, 0) is 16.4 Å². The van der Waals surface area contributed by atoms with E-state index >= 15 is 0 Å². The molecule has 0 aliphatic carbocycles. The summed E-state index contributed by atoms with van der Waals surface area (Å²) in [5, 5.41) is 9.81. The van der Waals surface area contributed by atoms with E-state index in [1.54, 1.807) is 18.2 Å². The third kappa shape index (κ3) is 4.53. The van der Waals surface area contributed by atoms with Crippen molar-refractivity contribution in [3.8, 4) is 0 Å². The fourth-order valence-electron chi connectivity index (χ4n) is 4.26. The maximum Gasteiger partial charge on any atom is 0.181 e. The van der Waals surface area contributed by atoms with Crippen LogP contribution < -0.4 is 4.90 Å². The van der Waals surface area contributed by atoms with E-state index in [1.807, 2.05) is 17.2 Å². The van der Waals surface area contributed by atoms with Crippen molar-refractivity contribution >= 4 is 33.0 Å². The van der Waals surface area contributed by atoms with Crippen molar-refractivity contribution < 1.29 is 17.9 Å². The molecule has 30 heavy (non-hydrogen) atoms. The largest absolute Gasteiger partial charge is 0.392 e. The smallest absolute Gasteiger partial charge is 0.181 e. The molecule has 0 spiro atoms. The van der Waals surface area contributed by atoms with Gasteiger partial charge in [0.05, 0.1) is 22.9 Å². The lowest BCUT2D eigenvalue weighted by atomic mass is 9.81. The summed E-state index contributed by atoms with van der Waals surface area (Å²) in [6.07, 6.45) is 5.41. The van der Waals surface area contributed by atoms with Crippen molar-refractivity contribution in [2.45, 2.75) is 55.9 Å². The molecule has 1 unspecified atom stereocenters. The highest BCUT2D eigenvalue weighted by molar-refractivity contribution is 7.98. The fourth-order valence-corrected chi connectivity index (χ4v) is 7.08. The highest BCUT2D eigenvalue weighted by atomic mass is 32.2. The Kier molecular flexibility index (Phi) is 7.15. The minimum Gasteiger partial charge on any atom is -0.392 e. The Labute approximate surface area is 183 Å². The number of sulfone groups is 1. The second-order valence-electron chi connectivity index (χ2n) is 8.07. The van der Waals surface area contributed by atoms with E-state index in [1.165, 1.54) is 23.9 Å². The molecule has 0 radical (unpaired) electrons. The number of rotatable bonds is 7. The third-order valence-corrected chi connectivity index (χ3v) is 8.91. The van der Waals surface area contributed by atoms with Crippen LogP contribution in [0.1, 0.15) is 45.1 Å². The number of aliphatic hydroxyl groups is 1. The van der Waals surface area contributed by atoms with Crippen molar-refractivity contribution in [1.82, 2.24) is 0 Å². The van der Waals surface area contributed by atoms with Gasteiger partial charge in [0, 0.05) is 22.5 Å². The lowest BCUT2D eigenvalue weighted by Crippen LogP contribution is -2.37. The van der Waals surface area contributed by atoms with Crippen molar-refractivity contribution in [3.05, 3.63) is 47.8 Å².